The molecule has 202 valence electrons. The molecular formula is C27H32N4O5S2. The second-order valence-corrected chi connectivity index (χ2v) is 12.8. The third-order valence-electron chi connectivity index (χ3n) is 6.38. The number of sulfone groups is 1. The largest absolute Gasteiger partial charge is 0.388 e. The fourth-order valence-electron chi connectivity index (χ4n) is 4.52. The molecule has 0 saturated heterocycles. The lowest BCUT2D eigenvalue weighted by molar-refractivity contribution is -0.136. The van der Waals surface area contributed by atoms with Crippen LogP contribution in [0.15, 0.2) is 71.9 Å². The first-order valence-electron chi connectivity index (χ1n) is 12.4. The number of hydrogen-bond donors (Lipinski definition) is 3. The van der Waals surface area contributed by atoms with E-state index in [1.807, 2.05) is 38.1 Å². The summed E-state index contributed by atoms with van der Waals surface area (Å²) in [6.45, 7) is 3.84. The lowest BCUT2D eigenvalue weighted by Crippen LogP contribution is -2.61. The van der Waals surface area contributed by atoms with E-state index in [4.69, 9.17) is 5.73 Å². The minimum absolute atomic E-state index is 0.0133. The van der Waals surface area contributed by atoms with Crippen LogP contribution < -0.4 is 11.1 Å². The highest BCUT2D eigenvalue weighted by Gasteiger charge is 2.45. The van der Waals surface area contributed by atoms with Gasteiger partial charge in [0, 0.05) is 17.4 Å². The number of carbonyl (C=O) groups excluding carboxylic acids is 2. The first kappa shape index (κ1) is 27.9. The number of aromatic nitrogens is 1. The van der Waals surface area contributed by atoms with Gasteiger partial charge < -0.3 is 21.1 Å². The smallest absolute Gasteiger partial charge is 0.262 e. The molecule has 11 heteroatoms. The van der Waals surface area contributed by atoms with Crippen molar-refractivity contribution < 1.29 is 23.1 Å². The number of hydrogen-bond acceptors (Lipinski definition) is 8. The molecule has 3 aromatic rings. The van der Waals surface area contributed by atoms with Crippen LogP contribution in [0.2, 0.25) is 0 Å². The number of carbonyl (C=O) groups is 2. The van der Waals surface area contributed by atoms with Crippen molar-refractivity contribution in [2.24, 2.45) is 11.7 Å². The number of pyridine rings is 1. The fraction of sp³-hybridized carbons (Fsp3) is 0.370. The minimum Gasteiger partial charge on any atom is -0.388 e. The number of thiophene rings is 1. The standard InChI is InChI=1S/C27H32N4O5S2/c1-17(2)15-20(30-25(33)22-16-18-9-3-4-11-21(18)37-22)26(34)31-14-8-6-10-19(28)24(32)27(31)38(35,36)23-12-5-7-13-29-23/h3-7,9-13,16-17,19-20,24,27,32H,8,14-15,28H2,1-2H3,(H,30,33)/t19?,20-,24?,27?/m0/s1. The summed E-state index contributed by atoms with van der Waals surface area (Å²) in [5, 5.41) is 12.9. The Balaban J connectivity index is 1.70. The van der Waals surface area contributed by atoms with Crippen LogP contribution in [0.4, 0.5) is 0 Å². The third kappa shape index (κ3) is 5.96. The quantitative estimate of drug-likeness (QED) is 0.380. The Kier molecular flexibility index (Phi) is 8.61. The molecule has 3 unspecified atom stereocenters. The molecule has 1 aliphatic heterocycles. The van der Waals surface area contributed by atoms with E-state index in [1.54, 1.807) is 24.3 Å². The van der Waals surface area contributed by atoms with Gasteiger partial charge in [-0.05, 0) is 48.4 Å². The van der Waals surface area contributed by atoms with Crippen LogP contribution in [0.1, 0.15) is 36.4 Å². The number of benzene rings is 1. The lowest BCUT2D eigenvalue weighted by atomic mass is 10.0. The number of nitrogens with one attached hydrogen (secondary N) is 1. The second-order valence-electron chi connectivity index (χ2n) is 9.72. The lowest BCUT2D eigenvalue weighted by Gasteiger charge is -2.38. The molecule has 4 atom stereocenters. The zero-order valence-corrected chi connectivity index (χ0v) is 22.9. The number of fused-ring (bicyclic) bond motifs is 1. The van der Waals surface area contributed by atoms with Crippen LogP contribution in [-0.4, -0.2) is 65.3 Å². The summed E-state index contributed by atoms with van der Waals surface area (Å²) < 4.78 is 28.4. The van der Waals surface area contributed by atoms with Crippen LogP contribution >= 0.6 is 11.3 Å². The Labute approximate surface area is 226 Å². The molecule has 1 aliphatic rings. The molecule has 2 amide bonds. The number of nitrogens with zero attached hydrogens (tertiary/aromatic N) is 2. The number of aliphatic hydroxyl groups excluding tert-OH is 1. The van der Waals surface area contributed by atoms with E-state index in [9.17, 15) is 23.1 Å². The highest BCUT2D eigenvalue weighted by molar-refractivity contribution is 7.92. The van der Waals surface area contributed by atoms with E-state index in [-0.39, 0.29) is 23.9 Å². The van der Waals surface area contributed by atoms with Gasteiger partial charge in [0.1, 0.15) is 12.1 Å². The number of aliphatic hydroxyl groups is 1. The maximum atomic E-state index is 14.0. The molecule has 3 heterocycles. The summed E-state index contributed by atoms with van der Waals surface area (Å²) in [7, 11) is -4.32. The summed E-state index contributed by atoms with van der Waals surface area (Å²) in [6, 6.07) is 11.7. The molecule has 38 heavy (non-hydrogen) atoms. The average Bonchev–Trinajstić information content (AvgIpc) is 3.33. The van der Waals surface area contributed by atoms with Gasteiger partial charge in [-0.25, -0.2) is 13.4 Å². The third-order valence-corrected chi connectivity index (χ3v) is 9.49. The van der Waals surface area contributed by atoms with Crippen LogP contribution in [0.5, 0.6) is 0 Å². The molecule has 0 saturated carbocycles. The van der Waals surface area contributed by atoms with Crippen molar-refractivity contribution in [1.82, 2.24) is 15.2 Å². The predicted octanol–water partition coefficient (Wildman–Crippen LogP) is 2.72. The molecule has 9 nitrogen and oxygen atoms in total. The van der Waals surface area contributed by atoms with Crippen LogP contribution in [0.25, 0.3) is 10.1 Å². The molecule has 4 rings (SSSR count). The monoisotopic (exact) mass is 556 g/mol. The zero-order valence-electron chi connectivity index (χ0n) is 21.2. The van der Waals surface area contributed by atoms with Gasteiger partial charge >= 0.3 is 0 Å². The second kappa shape index (κ2) is 11.7. The molecule has 0 radical (unpaired) electrons. The molecule has 4 N–H and O–H groups in total. The van der Waals surface area contributed by atoms with E-state index >= 15 is 0 Å². The van der Waals surface area contributed by atoms with Gasteiger partial charge in [0.2, 0.25) is 15.7 Å². The number of nitrogens with two attached hydrogens (primary N) is 1. The Morgan fingerprint density at radius 2 is 1.95 bits per heavy atom. The molecule has 0 fully saturated rings. The van der Waals surface area contributed by atoms with Crippen molar-refractivity contribution in [3.8, 4) is 0 Å². The van der Waals surface area contributed by atoms with E-state index in [1.165, 1.54) is 29.7 Å². The van der Waals surface area contributed by atoms with Crippen LogP contribution in [-0.2, 0) is 14.6 Å². The van der Waals surface area contributed by atoms with E-state index in [2.05, 4.69) is 10.3 Å². The van der Waals surface area contributed by atoms with Crippen molar-refractivity contribution in [2.75, 3.05) is 6.54 Å². The summed E-state index contributed by atoms with van der Waals surface area (Å²) in [5.74, 6) is -1.00. The molecule has 0 spiro atoms. The molecule has 1 aromatic carbocycles. The maximum absolute atomic E-state index is 14.0. The Morgan fingerprint density at radius 3 is 2.63 bits per heavy atom. The number of rotatable bonds is 7. The zero-order chi connectivity index (χ0) is 27.4. The number of amides is 2. The molecule has 2 aromatic heterocycles. The average molecular weight is 557 g/mol. The van der Waals surface area contributed by atoms with E-state index in [0.717, 1.165) is 15.0 Å². The normalized spacial score (nSPS) is 21.2. The highest BCUT2D eigenvalue weighted by Crippen LogP contribution is 2.27. The first-order valence-corrected chi connectivity index (χ1v) is 14.8. The van der Waals surface area contributed by atoms with Gasteiger partial charge in [0.15, 0.2) is 10.4 Å². The molecule has 0 bridgehead atoms. The van der Waals surface area contributed by atoms with Crippen LogP contribution in [0, 0.1) is 5.92 Å². The Morgan fingerprint density at radius 1 is 1.21 bits per heavy atom. The van der Waals surface area contributed by atoms with Gasteiger partial charge in [0.05, 0.1) is 10.9 Å². The van der Waals surface area contributed by atoms with Gasteiger partial charge in [-0.15, -0.1) is 11.3 Å². The first-order chi connectivity index (χ1) is 18.1. The van der Waals surface area contributed by atoms with Crippen molar-refractivity contribution in [1.29, 1.82) is 0 Å². The predicted molar refractivity (Wildman–Crippen MR) is 147 cm³/mol. The Bertz CT molecular complexity index is 1390. The molecule has 0 aliphatic carbocycles. The topological polar surface area (TPSA) is 143 Å². The van der Waals surface area contributed by atoms with E-state index in [0.29, 0.717) is 11.3 Å². The van der Waals surface area contributed by atoms with E-state index < -0.39 is 45.2 Å². The van der Waals surface area contributed by atoms with Crippen molar-refractivity contribution in [3.63, 3.8) is 0 Å². The highest BCUT2D eigenvalue weighted by atomic mass is 32.2. The summed E-state index contributed by atoms with van der Waals surface area (Å²) in [6.07, 6.45) is 3.59. The maximum Gasteiger partial charge on any atom is 0.262 e. The summed E-state index contributed by atoms with van der Waals surface area (Å²) >= 11 is 1.32. The minimum atomic E-state index is -4.32. The van der Waals surface area contributed by atoms with Crippen molar-refractivity contribution in [3.05, 3.63) is 71.8 Å². The van der Waals surface area contributed by atoms with Gasteiger partial charge in [-0.2, -0.15) is 0 Å². The molecular weight excluding hydrogens is 524 g/mol. The summed E-state index contributed by atoms with van der Waals surface area (Å²) in [4.78, 5) is 32.8. The van der Waals surface area contributed by atoms with Gasteiger partial charge in [-0.1, -0.05) is 50.3 Å². The Hall–Kier alpha value is -3.12. The van der Waals surface area contributed by atoms with Gasteiger partial charge in [0.25, 0.3) is 5.91 Å². The van der Waals surface area contributed by atoms with Gasteiger partial charge in [-0.3, -0.25) is 9.59 Å². The SMILES string of the molecule is CC(C)C[C@H](NC(=O)c1cc2ccccc2s1)C(=O)N1CCC=CC(N)C(O)C1S(=O)(=O)c1ccccn1. The fourth-order valence-corrected chi connectivity index (χ4v) is 7.31. The van der Waals surface area contributed by atoms with Crippen LogP contribution in [0.3, 0.4) is 0 Å². The van der Waals surface area contributed by atoms with Crippen molar-refractivity contribution in [2.45, 2.75) is 55.3 Å². The van der Waals surface area contributed by atoms with Crippen molar-refractivity contribution >= 4 is 43.1 Å². The summed E-state index contributed by atoms with van der Waals surface area (Å²) in [5.41, 5.74) is 6.10.